The van der Waals surface area contributed by atoms with Crippen LogP contribution in [0.4, 0.5) is 4.39 Å². The Labute approximate surface area is 116 Å². The van der Waals surface area contributed by atoms with Crippen molar-refractivity contribution in [3.63, 3.8) is 0 Å². The molecule has 0 nitrogen and oxygen atoms in total. The lowest BCUT2D eigenvalue weighted by Crippen LogP contribution is -2.00. The van der Waals surface area contributed by atoms with E-state index in [1.165, 1.54) is 22.8 Å². The van der Waals surface area contributed by atoms with Crippen LogP contribution >= 0.6 is 15.9 Å². The van der Waals surface area contributed by atoms with E-state index >= 15 is 0 Å². The van der Waals surface area contributed by atoms with Crippen LogP contribution in [0.25, 0.3) is 0 Å². The molecule has 0 aromatic heterocycles. The topological polar surface area (TPSA) is 0 Å². The second kappa shape index (κ2) is 5.66. The highest BCUT2D eigenvalue weighted by molar-refractivity contribution is 9.09. The predicted molar refractivity (Wildman–Crippen MR) is 77.7 cm³/mol. The van der Waals surface area contributed by atoms with Crippen molar-refractivity contribution in [2.24, 2.45) is 0 Å². The number of aryl methyl sites for hydroxylation is 2. The molecule has 0 spiro atoms. The third-order valence-electron chi connectivity index (χ3n) is 3.15. The minimum atomic E-state index is -0.148. The van der Waals surface area contributed by atoms with E-state index in [2.05, 4.69) is 48.0 Å². The maximum atomic E-state index is 13.7. The first-order valence-electron chi connectivity index (χ1n) is 6.02. The fourth-order valence-corrected chi connectivity index (χ4v) is 2.77. The van der Waals surface area contributed by atoms with Gasteiger partial charge in [0.25, 0.3) is 0 Å². The standard InChI is InChI=1S/C16H16BrF/c1-11-7-8-12(2)13(9-11)10-15(17)14-5-3-4-6-16(14)18/h3-9,15H,10H2,1-2H3. The maximum Gasteiger partial charge on any atom is 0.127 e. The SMILES string of the molecule is Cc1ccc(C)c(CC(Br)c2ccccc2F)c1. The zero-order chi connectivity index (χ0) is 13.1. The molecular formula is C16H16BrF. The number of benzene rings is 2. The minimum Gasteiger partial charge on any atom is -0.207 e. The van der Waals surface area contributed by atoms with Gasteiger partial charge in [0.2, 0.25) is 0 Å². The number of hydrogen-bond acceptors (Lipinski definition) is 0. The van der Waals surface area contributed by atoms with Crippen LogP contribution in [0.2, 0.25) is 0 Å². The fraction of sp³-hybridized carbons (Fsp3) is 0.250. The van der Waals surface area contributed by atoms with Crippen LogP contribution in [0.3, 0.4) is 0 Å². The molecule has 0 heterocycles. The third kappa shape index (κ3) is 2.99. The van der Waals surface area contributed by atoms with Crippen molar-refractivity contribution in [2.75, 3.05) is 0 Å². The molecule has 2 heteroatoms. The van der Waals surface area contributed by atoms with E-state index in [9.17, 15) is 4.39 Å². The number of alkyl halides is 1. The molecule has 0 saturated carbocycles. The zero-order valence-corrected chi connectivity index (χ0v) is 12.2. The normalized spacial score (nSPS) is 12.4. The summed E-state index contributed by atoms with van der Waals surface area (Å²) in [5, 5.41) is 0. The van der Waals surface area contributed by atoms with Crippen LogP contribution < -0.4 is 0 Å². The van der Waals surface area contributed by atoms with Gasteiger partial charge in [-0.1, -0.05) is 57.9 Å². The summed E-state index contributed by atoms with van der Waals surface area (Å²) in [6.45, 7) is 4.17. The Balaban J connectivity index is 2.24. The molecule has 2 aromatic rings. The highest BCUT2D eigenvalue weighted by Crippen LogP contribution is 2.30. The van der Waals surface area contributed by atoms with E-state index in [0.717, 1.165) is 12.0 Å². The summed E-state index contributed by atoms with van der Waals surface area (Å²) in [5.74, 6) is -0.148. The Morgan fingerprint density at radius 1 is 1.11 bits per heavy atom. The van der Waals surface area contributed by atoms with Gasteiger partial charge in [-0.25, -0.2) is 4.39 Å². The second-order valence-corrected chi connectivity index (χ2v) is 5.73. The van der Waals surface area contributed by atoms with E-state index in [1.807, 2.05) is 12.1 Å². The van der Waals surface area contributed by atoms with Crippen molar-refractivity contribution in [1.29, 1.82) is 0 Å². The summed E-state index contributed by atoms with van der Waals surface area (Å²) < 4.78 is 13.7. The molecule has 2 aromatic carbocycles. The molecule has 0 radical (unpaired) electrons. The number of rotatable bonds is 3. The molecule has 1 unspecified atom stereocenters. The van der Waals surface area contributed by atoms with Gasteiger partial charge >= 0.3 is 0 Å². The van der Waals surface area contributed by atoms with Crippen LogP contribution in [0.5, 0.6) is 0 Å². The highest BCUT2D eigenvalue weighted by atomic mass is 79.9. The summed E-state index contributed by atoms with van der Waals surface area (Å²) in [6, 6.07) is 13.3. The molecule has 0 aliphatic rings. The van der Waals surface area contributed by atoms with Crippen LogP contribution in [0.15, 0.2) is 42.5 Å². The number of halogens is 2. The van der Waals surface area contributed by atoms with Crippen molar-refractivity contribution in [3.8, 4) is 0 Å². The molecule has 0 aliphatic heterocycles. The molecule has 0 saturated heterocycles. The Bertz CT molecular complexity index is 549. The lowest BCUT2D eigenvalue weighted by atomic mass is 9.98. The summed E-state index contributed by atoms with van der Waals surface area (Å²) in [6.07, 6.45) is 0.800. The van der Waals surface area contributed by atoms with Gasteiger partial charge in [0.1, 0.15) is 5.82 Å². The Morgan fingerprint density at radius 3 is 2.56 bits per heavy atom. The molecule has 1 atom stereocenters. The van der Waals surface area contributed by atoms with Gasteiger partial charge in [0.15, 0.2) is 0 Å². The Kier molecular flexibility index (Phi) is 4.18. The minimum absolute atomic E-state index is 0.0131. The van der Waals surface area contributed by atoms with Crippen molar-refractivity contribution < 1.29 is 4.39 Å². The van der Waals surface area contributed by atoms with E-state index in [4.69, 9.17) is 0 Å². The molecule has 0 fully saturated rings. The van der Waals surface area contributed by atoms with E-state index in [-0.39, 0.29) is 10.6 Å². The number of hydrogen-bond donors (Lipinski definition) is 0. The quantitative estimate of drug-likeness (QED) is 0.690. The zero-order valence-electron chi connectivity index (χ0n) is 10.6. The van der Waals surface area contributed by atoms with Gasteiger partial charge in [-0.05, 0) is 37.5 Å². The van der Waals surface area contributed by atoms with Gasteiger partial charge in [-0.3, -0.25) is 0 Å². The lowest BCUT2D eigenvalue weighted by Gasteiger charge is -2.13. The smallest absolute Gasteiger partial charge is 0.127 e. The summed E-state index contributed by atoms with van der Waals surface area (Å²) in [7, 11) is 0. The fourth-order valence-electron chi connectivity index (χ4n) is 2.05. The summed E-state index contributed by atoms with van der Waals surface area (Å²) in [5.41, 5.74) is 4.48. The molecule has 0 N–H and O–H groups in total. The average Bonchev–Trinajstić information content (AvgIpc) is 2.34. The lowest BCUT2D eigenvalue weighted by molar-refractivity contribution is 0.608. The molecule has 0 amide bonds. The summed E-state index contributed by atoms with van der Waals surface area (Å²) >= 11 is 3.59. The first kappa shape index (κ1) is 13.3. The maximum absolute atomic E-state index is 13.7. The van der Waals surface area contributed by atoms with E-state index in [1.54, 1.807) is 6.07 Å². The van der Waals surface area contributed by atoms with Crippen LogP contribution in [0.1, 0.15) is 27.1 Å². The molecular weight excluding hydrogens is 291 g/mol. The largest absolute Gasteiger partial charge is 0.207 e. The van der Waals surface area contributed by atoms with E-state index < -0.39 is 0 Å². The van der Waals surface area contributed by atoms with Crippen LogP contribution in [0, 0.1) is 19.7 Å². The predicted octanol–water partition coefficient (Wildman–Crippen LogP) is 5.12. The first-order chi connectivity index (χ1) is 8.58. The van der Waals surface area contributed by atoms with Crippen molar-refractivity contribution >= 4 is 15.9 Å². The Morgan fingerprint density at radius 2 is 1.83 bits per heavy atom. The van der Waals surface area contributed by atoms with Gasteiger partial charge < -0.3 is 0 Å². The Hall–Kier alpha value is -1.15. The monoisotopic (exact) mass is 306 g/mol. The van der Waals surface area contributed by atoms with Crippen LogP contribution in [-0.2, 0) is 6.42 Å². The van der Waals surface area contributed by atoms with Crippen molar-refractivity contribution in [3.05, 3.63) is 70.5 Å². The van der Waals surface area contributed by atoms with Gasteiger partial charge in [-0.2, -0.15) is 0 Å². The van der Waals surface area contributed by atoms with Crippen molar-refractivity contribution in [2.45, 2.75) is 25.1 Å². The highest BCUT2D eigenvalue weighted by Gasteiger charge is 2.13. The average molecular weight is 307 g/mol. The first-order valence-corrected chi connectivity index (χ1v) is 6.94. The molecule has 0 aliphatic carbocycles. The molecule has 18 heavy (non-hydrogen) atoms. The van der Waals surface area contributed by atoms with Gasteiger partial charge in [0, 0.05) is 10.4 Å². The second-order valence-electron chi connectivity index (χ2n) is 4.62. The van der Waals surface area contributed by atoms with E-state index in [0.29, 0.717) is 0 Å². The molecule has 0 bridgehead atoms. The molecule has 94 valence electrons. The third-order valence-corrected chi connectivity index (χ3v) is 3.96. The van der Waals surface area contributed by atoms with Crippen LogP contribution in [-0.4, -0.2) is 0 Å². The molecule has 2 rings (SSSR count). The van der Waals surface area contributed by atoms with Gasteiger partial charge in [-0.15, -0.1) is 0 Å². The summed E-state index contributed by atoms with van der Waals surface area (Å²) in [4.78, 5) is 0.0131. The van der Waals surface area contributed by atoms with Crippen molar-refractivity contribution in [1.82, 2.24) is 0 Å². The van der Waals surface area contributed by atoms with Gasteiger partial charge in [0.05, 0.1) is 0 Å².